The van der Waals surface area contributed by atoms with Crippen LogP contribution in [0.2, 0.25) is 5.02 Å². The normalized spacial score (nSPS) is 11.2. The molecule has 19 heavy (non-hydrogen) atoms. The summed E-state index contributed by atoms with van der Waals surface area (Å²) >= 11 is 5.59. The minimum atomic E-state index is -4.39. The maximum atomic E-state index is 11.9. The van der Waals surface area contributed by atoms with Crippen molar-refractivity contribution in [3.05, 3.63) is 34.3 Å². The van der Waals surface area contributed by atoms with Gasteiger partial charge >= 0.3 is 12.1 Å². The first kappa shape index (κ1) is 15.3. The first-order valence-electron chi connectivity index (χ1n) is 5.08. The first-order valence-corrected chi connectivity index (χ1v) is 5.46. The number of carboxylic acids is 1. The van der Waals surface area contributed by atoms with Crippen molar-refractivity contribution in [1.29, 1.82) is 0 Å². The maximum Gasteiger partial charge on any atom is 0.390 e. The molecule has 2 N–H and O–H groups in total. The number of carbonyl (C=O) groups is 2. The molecule has 1 amide bonds. The third-order valence-electron chi connectivity index (χ3n) is 2.15. The van der Waals surface area contributed by atoms with Crippen LogP contribution in [0.5, 0.6) is 0 Å². The molecule has 4 nitrogen and oxygen atoms in total. The van der Waals surface area contributed by atoms with Crippen LogP contribution in [-0.4, -0.2) is 29.7 Å². The molecule has 0 spiro atoms. The highest BCUT2D eigenvalue weighted by atomic mass is 35.5. The van der Waals surface area contributed by atoms with Crippen molar-refractivity contribution in [3.8, 4) is 0 Å². The number of rotatable bonds is 4. The van der Waals surface area contributed by atoms with Crippen molar-refractivity contribution in [2.24, 2.45) is 0 Å². The van der Waals surface area contributed by atoms with Crippen LogP contribution < -0.4 is 5.32 Å². The number of hydrogen-bond acceptors (Lipinski definition) is 2. The summed E-state index contributed by atoms with van der Waals surface area (Å²) in [6.45, 7) is -0.621. The Kier molecular flexibility index (Phi) is 4.77. The SMILES string of the molecule is O=C(O)c1cc(Cl)ccc1C(=O)NCCC(F)(F)F. The second-order valence-electron chi connectivity index (χ2n) is 3.62. The Bertz CT molecular complexity index is 502. The fourth-order valence-corrected chi connectivity index (χ4v) is 1.48. The Morgan fingerprint density at radius 2 is 1.89 bits per heavy atom. The molecule has 1 rings (SSSR count). The van der Waals surface area contributed by atoms with Crippen molar-refractivity contribution in [1.82, 2.24) is 5.32 Å². The quantitative estimate of drug-likeness (QED) is 0.897. The van der Waals surface area contributed by atoms with E-state index in [1.54, 1.807) is 0 Å². The second-order valence-corrected chi connectivity index (χ2v) is 4.05. The monoisotopic (exact) mass is 295 g/mol. The van der Waals surface area contributed by atoms with Gasteiger partial charge in [0.2, 0.25) is 0 Å². The van der Waals surface area contributed by atoms with Gasteiger partial charge in [0.1, 0.15) is 0 Å². The van der Waals surface area contributed by atoms with E-state index in [0.29, 0.717) is 0 Å². The number of benzene rings is 1. The van der Waals surface area contributed by atoms with Crippen LogP contribution in [0.25, 0.3) is 0 Å². The molecule has 0 aliphatic carbocycles. The highest BCUT2D eigenvalue weighted by molar-refractivity contribution is 6.31. The van der Waals surface area contributed by atoms with Gasteiger partial charge in [-0.15, -0.1) is 0 Å². The molecule has 1 aromatic carbocycles. The molecule has 0 heterocycles. The zero-order valence-corrected chi connectivity index (χ0v) is 10.2. The predicted octanol–water partition coefficient (Wildman–Crippen LogP) is 2.72. The molecule has 0 unspecified atom stereocenters. The van der Waals surface area contributed by atoms with Gasteiger partial charge in [0.15, 0.2) is 0 Å². The molecule has 0 aromatic heterocycles. The van der Waals surface area contributed by atoms with Crippen LogP contribution in [0.4, 0.5) is 13.2 Å². The molecule has 0 radical (unpaired) electrons. The third kappa shape index (κ3) is 4.78. The van der Waals surface area contributed by atoms with Gasteiger partial charge in [0, 0.05) is 11.6 Å². The summed E-state index contributed by atoms with van der Waals surface area (Å²) in [6.07, 6.45) is -5.57. The van der Waals surface area contributed by atoms with Crippen LogP contribution in [0.3, 0.4) is 0 Å². The third-order valence-corrected chi connectivity index (χ3v) is 2.39. The smallest absolute Gasteiger partial charge is 0.390 e. The lowest BCUT2D eigenvalue weighted by Gasteiger charge is -2.09. The van der Waals surface area contributed by atoms with Crippen molar-refractivity contribution in [2.45, 2.75) is 12.6 Å². The highest BCUT2D eigenvalue weighted by Gasteiger charge is 2.27. The van der Waals surface area contributed by atoms with E-state index in [1.807, 2.05) is 5.32 Å². The summed E-state index contributed by atoms with van der Waals surface area (Å²) in [5.41, 5.74) is -0.601. The number of nitrogens with one attached hydrogen (secondary N) is 1. The Labute approximate surface area is 111 Å². The van der Waals surface area contributed by atoms with E-state index in [9.17, 15) is 22.8 Å². The summed E-state index contributed by atoms with van der Waals surface area (Å²) in [6, 6.07) is 3.49. The first-order chi connectivity index (χ1) is 8.70. The molecular formula is C11H9ClF3NO3. The number of hydrogen-bond donors (Lipinski definition) is 2. The number of halogens is 4. The van der Waals surface area contributed by atoms with E-state index in [2.05, 4.69) is 0 Å². The molecular weight excluding hydrogens is 287 g/mol. The molecule has 0 aliphatic rings. The summed E-state index contributed by atoms with van der Waals surface area (Å²) in [5, 5.41) is 11.0. The molecule has 0 fully saturated rings. The van der Waals surface area contributed by atoms with E-state index in [0.717, 1.165) is 12.1 Å². The Morgan fingerprint density at radius 1 is 1.26 bits per heavy atom. The van der Waals surface area contributed by atoms with E-state index < -0.39 is 31.0 Å². The van der Waals surface area contributed by atoms with Crippen molar-refractivity contribution in [2.75, 3.05) is 6.54 Å². The largest absolute Gasteiger partial charge is 0.478 e. The average molecular weight is 296 g/mol. The summed E-state index contributed by atoms with van der Waals surface area (Å²) in [4.78, 5) is 22.5. The van der Waals surface area contributed by atoms with Gasteiger partial charge in [0.05, 0.1) is 17.5 Å². The Hall–Kier alpha value is -1.76. The molecule has 0 atom stereocenters. The fraction of sp³-hybridized carbons (Fsp3) is 0.273. The molecule has 0 bridgehead atoms. The molecule has 0 saturated heterocycles. The average Bonchev–Trinajstić information content (AvgIpc) is 2.26. The van der Waals surface area contributed by atoms with Gasteiger partial charge in [-0.1, -0.05) is 11.6 Å². The van der Waals surface area contributed by atoms with Gasteiger partial charge < -0.3 is 10.4 Å². The van der Waals surface area contributed by atoms with Crippen molar-refractivity contribution in [3.63, 3.8) is 0 Å². The maximum absolute atomic E-state index is 11.9. The Morgan fingerprint density at radius 3 is 2.42 bits per heavy atom. The van der Waals surface area contributed by atoms with Gasteiger partial charge in [-0.3, -0.25) is 4.79 Å². The molecule has 0 aliphatic heterocycles. The van der Waals surface area contributed by atoms with Gasteiger partial charge in [-0.05, 0) is 18.2 Å². The van der Waals surface area contributed by atoms with Gasteiger partial charge in [-0.25, -0.2) is 4.79 Å². The van der Waals surface area contributed by atoms with Crippen LogP contribution in [0.1, 0.15) is 27.1 Å². The lowest BCUT2D eigenvalue weighted by atomic mass is 10.1. The Balaban J connectivity index is 2.80. The highest BCUT2D eigenvalue weighted by Crippen LogP contribution is 2.19. The molecule has 1 aromatic rings. The summed E-state index contributed by atoms with van der Waals surface area (Å²) in [7, 11) is 0. The van der Waals surface area contributed by atoms with Gasteiger partial charge in [0.25, 0.3) is 5.91 Å². The summed E-state index contributed by atoms with van der Waals surface area (Å²) < 4.78 is 35.7. The van der Waals surface area contributed by atoms with E-state index in [4.69, 9.17) is 16.7 Å². The number of amides is 1. The zero-order chi connectivity index (χ0) is 14.6. The lowest BCUT2D eigenvalue weighted by molar-refractivity contribution is -0.133. The number of carboxylic acid groups (broad SMARTS) is 1. The van der Waals surface area contributed by atoms with Crippen molar-refractivity contribution >= 4 is 23.5 Å². The van der Waals surface area contributed by atoms with Crippen LogP contribution in [0, 0.1) is 0 Å². The number of alkyl halides is 3. The van der Waals surface area contributed by atoms with E-state index in [-0.39, 0.29) is 16.1 Å². The standard InChI is InChI=1S/C11H9ClF3NO3/c12-6-1-2-7(8(5-6)10(18)19)9(17)16-4-3-11(13,14)15/h1-2,5H,3-4H2,(H,16,17)(H,18,19). The number of carbonyl (C=O) groups excluding carboxylic acids is 1. The second kappa shape index (κ2) is 5.92. The predicted molar refractivity (Wildman–Crippen MR) is 61.4 cm³/mol. The lowest BCUT2D eigenvalue weighted by Crippen LogP contribution is -2.29. The summed E-state index contributed by atoms with van der Waals surface area (Å²) in [5.74, 6) is -2.28. The van der Waals surface area contributed by atoms with Gasteiger partial charge in [-0.2, -0.15) is 13.2 Å². The van der Waals surface area contributed by atoms with Crippen LogP contribution in [0.15, 0.2) is 18.2 Å². The van der Waals surface area contributed by atoms with E-state index >= 15 is 0 Å². The minimum absolute atomic E-state index is 0.115. The zero-order valence-electron chi connectivity index (χ0n) is 9.42. The van der Waals surface area contributed by atoms with Crippen LogP contribution >= 0.6 is 11.6 Å². The fourth-order valence-electron chi connectivity index (χ4n) is 1.30. The van der Waals surface area contributed by atoms with E-state index in [1.165, 1.54) is 6.07 Å². The topological polar surface area (TPSA) is 66.4 Å². The molecule has 8 heteroatoms. The minimum Gasteiger partial charge on any atom is -0.478 e. The van der Waals surface area contributed by atoms with Crippen LogP contribution in [-0.2, 0) is 0 Å². The molecule has 104 valence electrons. The molecule has 0 saturated carbocycles. The van der Waals surface area contributed by atoms with Crippen molar-refractivity contribution < 1.29 is 27.9 Å². The number of aromatic carboxylic acids is 1.